The second kappa shape index (κ2) is 11.5. The van der Waals surface area contributed by atoms with Gasteiger partial charge < -0.3 is 34.9 Å². The number of rotatable bonds is 9. The van der Waals surface area contributed by atoms with Crippen LogP contribution in [0.3, 0.4) is 0 Å². The standard InChI is InChI=1S/C30H38N4O7/c1-7-18-19-13-17(40-6)9-10-23(19)33-25-20(18)15-34-24(25)14-22(21(16-35)26(34)36)30(39,8-2)27(37)31-11-12-32-28(38)41-29(3,4)5/h9-10,13-14,35,39H,7-8,11-12,15-16H2,1-6H3,(H,31,37)(H,32,38)/t30-/m0/s1. The van der Waals surface area contributed by atoms with E-state index >= 15 is 0 Å². The van der Waals surface area contributed by atoms with Crippen LogP contribution in [-0.2, 0) is 34.7 Å². The highest BCUT2D eigenvalue weighted by molar-refractivity contribution is 5.90. The highest BCUT2D eigenvalue weighted by Crippen LogP contribution is 2.39. The van der Waals surface area contributed by atoms with Crippen LogP contribution in [0.1, 0.15) is 63.3 Å². The molecule has 0 unspecified atom stereocenters. The molecule has 4 N–H and O–H groups in total. The van der Waals surface area contributed by atoms with E-state index in [-0.39, 0.29) is 37.2 Å². The molecule has 2 amide bonds. The molecular formula is C30H38N4O7. The second-order valence-corrected chi connectivity index (χ2v) is 11.0. The minimum Gasteiger partial charge on any atom is -0.497 e. The zero-order valence-electron chi connectivity index (χ0n) is 24.4. The van der Waals surface area contributed by atoms with Crippen molar-refractivity contribution in [2.75, 3.05) is 20.2 Å². The van der Waals surface area contributed by atoms with Crippen LogP contribution in [0.2, 0.25) is 0 Å². The Morgan fingerprint density at radius 2 is 1.80 bits per heavy atom. The van der Waals surface area contributed by atoms with Crippen molar-refractivity contribution in [2.24, 2.45) is 0 Å². The molecule has 220 valence electrons. The summed E-state index contributed by atoms with van der Waals surface area (Å²) in [6, 6.07) is 7.19. The summed E-state index contributed by atoms with van der Waals surface area (Å²) < 4.78 is 12.1. The summed E-state index contributed by atoms with van der Waals surface area (Å²) >= 11 is 0. The van der Waals surface area contributed by atoms with Gasteiger partial charge in [-0.1, -0.05) is 13.8 Å². The van der Waals surface area contributed by atoms with Crippen molar-refractivity contribution in [1.82, 2.24) is 20.2 Å². The lowest BCUT2D eigenvalue weighted by Crippen LogP contribution is -2.48. The minimum absolute atomic E-state index is 0.0124. The molecule has 41 heavy (non-hydrogen) atoms. The fourth-order valence-corrected chi connectivity index (χ4v) is 5.26. The lowest BCUT2D eigenvalue weighted by atomic mass is 9.86. The molecule has 0 saturated carbocycles. The first kappa shape index (κ1) is 30.0. The van der Waals surface area contributed by atoms with E-state index in [0.717, 1.165) is 22.0 Å². The number of pyridine rings is 2. The molecule has 11 heteroatoms. The second-order valence-electron chi connectivity index (χ2n) is 11.0. The molecule has 2 aromatic heterocycles. The van der Waals surface area contributed by atoms with E-state index in [1.54, 1.807) is 40.9 Å². The third kappa shape index (κ3) is 5.64. The Labute approximate surface area is 238 Å². The van der Waals surface area contributed by atoms with Gasteiger partial charge in [0.2, 0.25) is 0 Å². The Kier molecular flexibility index (Phi) is 8.41. The van der Waals surface area contributed by atoms with E-state index in [9.17, 15) is 24.6 Å². The quantitative estimate of drug-likeness (QED) is 0.226. The van der Waals surface area contributed by atoms with Crippen molar-refractivity contribution in [3.05, 3.63) is 56.9 Å². The van der Waals surface area contributed by atoms with Crippen molar-refractivity contribution < 1.29 is 29.3 Å². The predicted molar refractivity (Wildman–Crippen MR) is 154 cm³/mol. The summed E-state index contributed by atoms with van der Waals surface area (Å²) in [5.41, 5.74) is 0.407. The number of carbonyl (C=O) groups excluding carboxylic acids is 2. The Balaban J connectivity index is 1.70. The number of nitrogens with one attached hydrogen (secondary N) is 2. The van der Waals surface area contributed by atoms with Crippen molar-refractivity contribution >= 4 is 22.9 Å². The molecule has 4 rings (SSSR count). The number of ether oxygens (including phenoxy) is 2. The highest BCUT2D eigenvalue weighted by atomic mass is 16.6. The number of hydrogen-bond donors (Lipinski definition) is 4. The van der Waals surface area contributed by atoms with Crippen LogP contribution in [-0.4, -0.2) is 57.6 Å². The molecular weight excluding hydrogens is 528 g/mol. The third-order valence-electron chi connectivity index (χ3n) is 7.29. The van der Waals surface area contributed by atoms with Crippen LogP contribution in [0.25, 0.3) is 22.3 Å². The van der Waals surface area contributed by atoms with E-state index in [4.69, 9.17) is 14.5 Å². The van der Waals surface area contributed by atoms with Crippen molar-refractivity contribution in [2.45, 2.75) is 71.8 Å². The molecule has 3 heterocycles. The summed E-state index contributed by atoms with van der Waals surface area (Å²) in [6.07, 6.45) is -0.00253. The maximum absolute atomic E-state index is 13.7. The number of nitrogens with zero attached hydrogens (tertiary/aromatic N) is 2. The zero-order chi connectivity index (χ0) is 30.1. The lowest BCUT2D eigenvalue weighted by Gasteiger charge is -2.28. The van der Waals surface area contributed by atoms with Crippen LogP contribution in [0.4, 0.5) is 4.79 Å². The molecule has 0 spiro atoms. The summed E-state index contributed by atoms with van der Waals surface area (Å²) in [6.45, 7) is 8.54. The van der Waals surface area contributed by atoms with E-state index in [1.165, 1.54) is 4.57 Å². The van der Waals surface area contributed by atoms with Gasteiger partial charge in [0.25, 0.3) is 11.5 Å². The number of methoxy groups -OCH3 is 1. The molecule has 0 radical (unpaired) electrons. The number of aryl methyl sites for hydroxylation is 1. The molecule has 0 fully saturated rings. The summed E-state index contributed by atoms with van der Waals surface area (Å²) in [5, 5.41) is 28.0. The van der Waals surface area contributed by atoms with Gasteiger partial charge in [0.05, 0.1) is 37.2 Å². The van der Waals surface area contributed by atoms with E-state index < -0.39 is 35.4 Å². The molecule has 0 aliphatic carbocycles. The summed E-state index contributed by atoms with van der Waals surface area (Å²) in [5.74, 6) is -0.0529. The van der Waals surface area contributed by atoms with Gasteiger partial charge in [0.15, 0.2) is 5.60 Å². The van der Waals surface area contributed by atoms with Crippen molar-refractivity contribution in [3.8, 4) is 17.1 Å². The Morgan fingerprint density at radius 1 is 1.10 bits per heavy atom. The Hall–Kier alpha value is -3.96. The van der Waals surface area contributed by atoms with Crippen LogP contribution < -0.4 is 20.9 Å². The maximum atomic E-state index is 13.7. The van der Waals surface area contributed by atoms with E-state index in [2.05, 4.69) is 10.6 Å². The fourth-order valence-electron chi connectivity index (χ4n) is 5.26. The first-order chi connectivity index (χ1) is 19.4. The SMILES string of the molecule is CCc1c2c(nc3ccc(OC)cc13)-c1cc([C@@](O)(CC)C(=O)NCCNC(=O)OC(C)(C)C)c(CO)c(=O)n1C2. The number of alkyl carbamates (subject to hydrolysis) is 1. The average molecular weight is 567 g/mol. The first-order valence-corrected chi connectivity index (χ1v) is 13.7. The molecule has 3 aromatic rings. The minimum atomic E-state index is -2.11. The number of carbonyl (C=O) groups is 2. The number of amides is 2. The van der Waals surface area contributed by atoms with Gasteiger partial charge in [-0.25, -0.2) is 9.78 Å². The summed E-state index contributed by atoms with van der Waals surface area (Å²) in [4.78, 5) is 43.7. The van der Waals surface area contributed by atoms with Crippen LogP contribution >= 0.6 is 0 Å². The normalized spacial score (nSPS) is 13.8. The summed E-state index contributed by atoms with van der Waals surface area (Å²) in [7, 11) is 1.60. The van der Waals surface area contributed by atoms with Gasteiger partial charge in [-0.15, -0.1) is 0 Å². The topological polar surface area (TPSA) is 152 Å². The third-order valence-corrected chi connectivity index (χ3v) is 7.29. The molecule has 1 aliphatic heterocycles. The molecule has 11 nitrogen and oxygen atoms in total. The van der Waals surface area contributed by atoms with E-state index in [0.29, 0.717) is 23.6 Å². The molecule has 0 bridgehead atoms. The van der Waals surface area contributed by atoms with Gasteiger partial charge in [0.1, 0.15) is 11.4 Å². The molecule has 1 aliphatic rings. The number of aliphatic hydroxyl groups is 2. The van der Waals surface area contributed by atoms with Gasteiger partial charge in [-0.05, 0) is 63.4 Å². The maximum Gasteiger partial charge on any atom is 0.407 e. The largest absolute Gasteiger partial charge is 0.497 e. The highest BCUT2D eigenvalue weighted by Gasteiger charge is 2.40. The van der Waals surface area contributed by atoms with Crippen LogP contribution in [0.15, 0.2) is 29.1 Å². The number of fused-ring (bicyclic) bond motifs is 4. The lowest BCUT2D eigenvalue weighted by molar-refractivity contribution is -0.141. The number of hydrogen-bond acceptors (Lipinski definition) is 8. The van der Waals surface area contributed by atoms with Gasteiger partial charge in [-0.3, -0.25) is 9.59 Å². The predicted octanol–water partition coefficient (Wildman–Crippen LogP) is 2.73. The Morgan fingerprint density at radius 3 is 2.41 bits per heavy atom. The van der Waals surface area contributed by atoms with E-state index in [1.807, 2.05) is 25.1 Å². The first-order valence-electron chi connectivity index (χ1n) is 13.7. The molecule has 0 saturated heterocycles. The van der Waals surface area contributed by atoms with Gasteiger partial charge in [-0.2, -0.15) is 0 Å². The average Bonchev–Trinajstić information content (AvgIpc) is 3.30. The molecule has 1 aromatic carbocycles. The van der Waals surface area contributed by atoms with Crippen molar-refractivity contribution in [1.29, 1.82) is 0 Å². The number of aromatic nitrogens is 2. The number of benzene rings is 1. The monoisotopic (exact) mass is 566 g/mol. The number of aliphatic hydroxyl groups excluding tert-OH is 1. The van der Waals surface area contributed by atoms with Gasteiger partial charge in [0, 0.05) is 35.2 Å². The smallest absolute Gasteiger partial charge is 0.407 e. The van der Waals surface area contributed by atoms with Crippen LogP contribution in [0.5, 0.6) is 5.75 Å². The van der Waals surface area contributed by atoms with Crippen LogP contribution in [0, 0.1) is 0 Å². The van der Waals surface area contributed by atoms with Crippen molar-refractivity contribution in [3.63, 3.8) is 0 Å². The van der Waals surface area contributed by atoms with Gasteiger partial charge >= 0.3 is 6.09 Å². The Bertz CT molecular complexity index is 1560. The fraction of sp³-hybridized carbons (Fsp3) is 0.467. The molecule has 1 atom stereocenters. The zero-order valence-corrected chi connectivity index (χ0v) is 24.4.